The molecule has 6 heteroatoms. The van der Waals surface area contributed by atoms with Gasteiger partial charge in [0.2, 0.25) is 25.1 Å². The largest absolute Gasteiger partial charge is 0.493 e. The molecule has 28 heavy (non-hydrogen) atoms. The third-order valence-corrected chi connectivity index (χ3v) is 6.13. The summed E-state index contributed by atoms with van der Waals surface area (Å²) in [6.07, 6.45) is 1.84. The molecular formula is C22H24O6. The molecule has 2 atom stereocenters. The molecule has 0 radical (unpaired) electrons. The SMILES string of the molecule is COc1cc2c(c3c1OCO3)-c1c(cc(OC)c3c1OCO3)C[C@H](C)[C@H](C)C2. The Bertz CT molecular complexity index is 874. The van der Waals surface area contributed by atoms with Crippen molar-refractivity contribution in [2.45, 2.75) is 26.7 Å². The summed E-state index contributed by atoms with van der Waals surface area (Å²) in [6.45, 7) is 4.94. The summed E-state index contributed by atoms with van der Waals surface area (Å²) in [6, 6.07) is 4.15. The van der Waals surface area contributed by atoms with Gasteiger partial charge in [0.05, 0.1) is 14.2 Å². The van der Waals surface area contributed by atoms with Crippen LogP contribution in [-0.4, -0.2) is 27.8 Å². The van der Waals surface area contributed by atoms with Gasteiger partial charge in [0, 0.05) is 11.1 Å². The maximum atomic E-state index is 5.94. The van der Waals surface area contributed by atoms with Crippen LogP contribution in [0.4, 0.5) is 0 Å². The maximum Gasteiger partial charge on any atom is 0.231 e. The molecule has 5 rings (SSSR count). The van der Waals surface area contributed by atoms with Crippen molar-refractivity contribution < 1.29 is 28.4 Å². The third kappa shape index (κ3) is 2.40. The van der Waals surface area contributed by atoms with E-state index in [1.54, 1.807) is 14.2 Å². The lowest BCUT2D eigenvalue weighted by molar-refractivity contribution is 0.170. The van der Waals surface area contributed by atoms with Crippen molar-refractivity contribution in [2.75, 3.05) is 27.8 Å². The van der Waals surface area contributed by atoms with Gasteiger partial charge in [0.25, 0.3) is 0 Å². The summed E-state index contributed by atoms with van der Waals surface area (Å²) in [4.78, 5) is 0. The summed E-state index contributed by atoms with van der Waals surface area (Å²) in [5.41, 5.74) is 4.38. The van der Waals surface area contributed by atoms with E-state index >= 15 is 0 Å². The van der Waals surface area contributed by atoms with Crippen LogP contribution in [0, 0.1) is 11.8 Å². The van der Waals surface area contributed by atoms with Gasteiger partial charge in [-0.05, 0) is 47.9 Å². The molecule has 2 aromatic carbocycles. The molecule has 2 heterocycles. The average Bonchev–Trinajstić information content (AvgIpc) is 3.36. The second-order valence-electron chi connectivity index (χ2n) is 7.72. The molecular weight excluding hydrogens is 360 g/mol. The fourth-order valence-corrected chi connectivity index (χ4v) is 4.45. The van der Waals surface area contributed by atoms with Crippen LogP contribution in [0.2, 0.25) is 0 Å². The van der Waals surface area contributed by atoms with Crippen LogP contribution >= 0.6 is 0 Å². The first-order valence-corrected chi connectivity index (χ1v) is 9.61. The highest BCUT2D eigenvalue weighted by Gasteiger charge is 2.36. The Morgan fingerprint density at radius 2 is 1.07 bits per heavy atom. The van der Waals surface area contributed by atoms with Crippen LogP contribution in [0.3, 0.4) is 0 Å². The van der Waals surface area contributed by atoms with Crippen LogP contribution in [0.1, 0.15) is 25.0 Å². The summed E-state index contributed by atoms with van der Waals surface area (Å²) >= 11 is 0. The summed E-state index contributed by atoms with van der Waals surface area (Å²) in [5, 5.41) is 0. The molecule has 1 aliphatic carbocycles. The van der Waals surface area contributed by atoms with E-state index in [9.17, 15) is 0 Å². The van der Waals surface area contributed by atoms with E-state index < -0.39 is 0 Å². The van der Waals surface area contributed by atoms with E-state index in [4.69, 9.17) is 28.4 Å². The number of rotatable bonds is 2. The molecule has 0 N–H and O–H groups in total. The van der Waals surface area contributed by atoms with Gasteiger partial charge in [-0.25, -0.2) is 0 Å². The van der Waals surface area contributed by atoms with Crippen molar-refractivity contribution >= 4 is 0 Å². The number of ether oxygens (including phenoxy) is 6. The number of benzene rings is 2. The minimum absolute atomic E-state index is 0.180. The average molecular weight is 384 g/mol. The summed E-state index contributed by atoms with van der Waals surface area (Å²) in [7, 11) is 3.32. The highest BCUT2D eigenvalue weighted by Crippen LogP contribution is 2.57. The molecule has 2 aliphatic heterocycles. The van der Waals surface area contributed by atoms with E-state index in [1.165, 1.54) is 11.1 Å². The van der Waals surface area contributed by atoms with Gasteiger partial charge in [-0.2, -0.15) is 0 Å². The zero-order valence-electron chi connectivity index (χ0n) is 16.6. The Balaban J connectivity index is 1.86. The van der Waals surface area contributed by atoms with Gasteiger partial charge in [-0.15, -0.1) is 0 Å². The zero-order valence-corrected chi connectivity index (χ0v) is 16.6. The van der Waals surface area contributed by atoms with Crippen molar-refractivity contribution in [2.24, 2.45) is 11.8 Å². The van der Waals surface area contributed by atoms with Gasteiger partial charge in [-0.3, -0.25) is 0 Å². The first-order valence-electron chi connectivity index (χ1n) is 9.61. The second-order valence-corrected chi connectivity index (χ2v) is 7.72. The molecule has 0 saturated carbocycles. The monoisotopic (exact) mass is 384 g/mol. The standard InChI is InChI=1S/C22H24O6/c1-11-5-13-7-15(23-3)19-21(27-9-25-19)17(13)18-14(6-12(11)2)8-16(24-4)20-22(18)28-10-26-20/h7-8,11-12H,5-6,9-10H2,1-4H3/t11-,12+. The van der Waals surface area contributed by atoms with Crippen LogP contribution in [0.25, 0.3) is 11.1 Å². The molecule has 6 nitrogen and oxygen atoms in total. The van der Waals surface area contributed by atoms with Crippen LogP contribution < -0.4 is 28.4 Å². The molecule has 0 bridgehead atoms. The van der Waals surface area contributed by atoms with Crippen LogP contribution in [0.5, 0.6) is 34.5 Å². The molecule has 0 amide bonds. The molecule has 0 aromatic heterocycles. The number of hydrogen-bond donors (Lipinski definition) is 0. The van der Waals surface area contributed by atoms with Crippen molar-refractivity contribution in [1.82, 2.24) is 0 Å². The van der Waals surface area contributed by atoms with E-state index in [0.717, 1.165) is 35.5 Å². The van der Waals surface area contributed by atoms with Gasteiger partial charge < -0.3 is 28.4 Å². The van der Waals surface area contributed by atoms with Crippen LogP contribution in [0.15, 0.2) is 12.1 Å². The van der Waals surface area contributed by atoms with Gasteiger partial charge in [0.15, 0.2) is 23.0 Å². The minimum Gasteiger partial charge on any atom is -0.493 e. The molecule has 148 valence electrons. The lowest BCUT2D eigenvalue weighted by Crippen LogP contribution is -2.17. The number of hydrogen-bond acceptors (Lipinski definition) is 6. The minimum atomic E-state index is 0.180. The first-order chi connectivity index (χ1) is 13.6. The lowest BCUT2D eigenvalue weighted by atomic mass is 9.77. The molecule has 0 saturated heterocycles. The molecule has 3 aliphatic rings. The Morgan fingerprint density at radius 3 is 1.46 bits per heavy atom. The topological polar surface area (TPSA) is 55.4 Å². The third-order valence-electron chi connectivity index (χ3n) is 6.13. The predicted octanol–water partition coefficient (Wildman–Crippen LogP) is 4.20. The Kier molecular flexibility index (Phi) is 3.96. The lowest BCUT2D eigenvalue weighted by Gasteiger charge is -2.28. The normalized spacial score (nSPS) is 21.4. The maximum absolute atomic E-state index is 5.94. The summed E-state index contributed by atoms with van der Waals surface area (Å²) in [5.74, 6) is 5.14. The van der Waals surface area contributed by atoms with E-state index in [-0.39, 0.29) is 13.6 Å². The Labute approximate surface area is 164 Å². The van der Waals surface area contributed by atoms with Crippen LogP contribution in [-0.2, 0) is 12.8 Å². The number of methoxy groups -OCH3 is 2. The Morgan fingerprint density at radius 1 is 0.679 bits per heavy atom. The molecule has 0 unspecified atom stereocenters. The molecule has 0 fully saturated rings. The Hall–Kier alpha value is -2.76. The van der Waals surface area contributed by atoms with Crippen molar-refractivity contribution in [3.05, 3.63) is 23.3 Å². The highest BCUT2D eigenvalue weighted by atomic mass is 16.7. The fraction of sp³-hybridized carbons (Fsp3) is 0.455. The quantitative estimate of drug-likeness (QED) is 0.774. The smallest absolute Gasteiger partial charge is 0.231 e. The predicted molar refractivity (Wildman–Crippen MR) is 103 cm³/mol. The van der Waals surface area contributed by atoms with Gasteiger partial charge in [-0.1, -0.05) is 13.8 Å². The second kappa shape index (κ2) is 6.40. The first kappa shape index (κ1) is 17.3. The van der Waals surface area contributed by atoms with Crippen molar-refractivity contribution in [1.29, 1.82) is 0 Å². The number of fused-ring (bicyclic) bond motifs is 7. The molecule has 2 aromatic rings. The van der Waals surface area contributed by atoms with E-state index in [2.05, 4.69) is 26.0 Å². The summed E-state index contributed by atoms with van der Waals surface area (Å²) < 4.78 is 34.6. The van der Waals surface area contributed by atoms with Crippen molar-refractivity contribution in [3.8, 4) is 45.6 Å². The zero-order chi connectivity index (χ0) is 19.4. The van der Waals surface area contributed by atoms with E-state index in [0.29, 0.717) is 34.8 Å². The van der Waals surface area contributed by atoms with Crippen molar-refractivity contribution in [3.63, 3.8) is 0 Å². The highest BCUT2D eigenvalue weighted by molar-refractivity contribution is 5.89. The fourth-order valence-electron chi connectivity index (χ4n) is 4.45. The van der Waals surface area contributed by atoms with Gasteiger partial charge >= 0.3 is 0 Å². The van der Waals surface area contributed by atoms with Gasteiger partial charge in [0.1, 0.15) is 0 Å². The molecule has 0 spiro atoms. The van der Waals surface area contributed by atoms with E-state index in [1.807, 2.05) is 0 Å².